The number of hydrogen-bond donors (Lipinski definition) is 1. The van der Waals surface area contributed by atoms with Gasteiger partial charge in [-0.15, -0.1) is 0 Å². The second-order valence-electron chi connectivity index (χ2n) is 3.67. The number of carbonyl (C=O) groups is 1. The molecule has 1 heterocycles. The number of epoxide rings is 1. The zero-order valence-electron chi connectivity index (χ0n) is 9.05. The Bertz CT molecular complexity index is 371. The van der Waals surface area contributed by atoms with Crippen LogP contribution in [0.1, 0.15) is 25.0 Å². The molecule has 1 aromatic carbocycles. The van der Waals surface area contributed by atoms with Crippen molar-refractivity contribution in [3.8, 4) is 5.75 Å². The van der Waals surface area contributed by atoms with Crippen molar-refractivity contribution in [1.29, 1.82) is 0 Å². The lowest BCUT2D eigenvalue weighted by Crippen LogP contribution is -2.05. The van der Waals surface area contributed by atoms with Gasteiger partial charge in [0.2, 0.25) is 0 Å². The molecule has 4 heteroatoms. The number of aliphatic hydroxyl groups excluding tert-OH is 1. The number of aliphatic hydroxyl groups is 1. The maximum atomic E-state index is 11.0. The molecule has 86 valence electrons. The topological polar surface area (TPSA) is 59.1 Å². The molecule has 0 saturated carbocycles. The maximum absolute atomic E-state index is 11.0. The van der Waals surface area contributed by atoms with E-state index in [0.29, 0.717) is 12.2 Å². The summed E-state index contributed by atoms with van der Waals surface area (Å²) in [7, 11) is 0. The fourth-order valence-electron chi connectivity index (χ4n) is 1.50. The number of esters is 1. The van der Waals surface area contributed by atoms with Crippen molar-refractivity contribution in [2.45, 2.75) is 25.6 Å². The van der Waals surface area contributed by atoms with E-state index in [4.69, 9.17) is 14.6 Å². The fraction of sp³-hybridized carbons (Fsp3) is 0.417. The Morgan fingerprint density at radius 2 is 2.12 bits per heavy atom. The predicted molar refractivity (Wildman–Crippen MR) is 57.1 cm³/mol. The van der Waals surface area contributed by atoms with Crippen molar-refractivity contribution in [2.24, 2.45) is 0 Å². The van der Waals surface area contributed by atoms with Crippen molar-refractivity contribution < 1.29 is 19.4 Å². The Kier molecular flexibility index (Phi) is 3.22. The van der Waals surface area contributed by atoms with Gasteiger partial charge in [-0.3, -0.25) is 4.79 Å². The second kappa shape index (κ2) is 4.63. The number of rotatable bonds is 4. The van der Waals surface area contributed by atoms with E-state index in [2.05, 4.69) is 0 Å². The highest BCUT2D eigenvalue weighted by Gasteiger charge is 2.39. The zero-order valence-corrected chi connectivity index (χ0v) is 9.05. The first-order valence-electron chi connectivity index (χ1n) is 5.31. The molecule has 1 aliphatic rings. The Hall–Kier alpha value is -1.39. The third kappa shape index (κ3) is 2.40. The largest absolute Gasteiger partial charge is 0.427 e. The van der Waals surface area contributed by atoms with Gasteiger partial charge in [0.05, 0.1) is 6.61 Å². The molecule has 2 atom stereocenters. The van der Waals surface area contributed by atoms with Crippen LogP contribution in [-0.4, -0.2) is 23.8 Å². The molecule has 0 bridgehead atoms. The molecule has 1 N–H and O–H groups in total. The summed E-state index contributed by atoms with van der Waals surface area (Å²) in [5.41, 5.74) is 0.996. The lowest BCUT2D eigenvalue weighted by molar-refractivity contribution is -0.134. The summed E-state index contributed by atoms with van der Waals surface area (Å²) in [6.45, 7) is 1.79. The van der Waals surface area contributed by atoms with Gasteiger partial charge in [-0.25, -0.2) is 0 Å². The van der Waals surface area contributed by atoms with E-state index in [-0.39, 0.29) is 24.8 Å². The van der Waals surface area contributed by atoms with Crippen molar-refractivity contribution in [3.05, 3.63) is 29.8 Å². The van der Waals surface area contributed by atoms with Gasteiger partial charge in [-0.05, 0) is 17.7 Å². The summed E-state index contributed by atoms with van der Waals surface area (Å²) < 4.78 is 10.3. The summed E-state index contributed by atoms with van der Waals surface area (Å²) in [5.74, 6) is 0.292. The number of hydrogen-bond acceptors (Lipinski definition) is 4. The van der Waals surface area contributed by atoms with Crippen LogP contribution in [0.2, 0.25) is 0 Å². The molecule has 4 nitrogen and oxygen atoms in total. The normalized spacial score (nSPS) is 22.9. The Labute approximate surface area is 93.8 Å². The van der Waals surface area contributed by atoms with Crippen LogP contribution in [0.15, 0.2) is 24.3 Å². The number of benzene rings is 1. The zero-order chi connectivity index (χ0) is 11.5. The van der Waals surface area contributed by atoms with E-state index in [1.165, 1.54) is 0 Å². The van der Waals surface area contributed by atoms with E-state index >= 15 is 0 Å². The van der Waals surface area contributed by atoms with Gasteiger partial charge < -0.3 is 14.6 Å². The van der Waals surface area contributed by atoms with Crippen molar-refractivity contribution in [2.75, 3.05) is 6.61 Å². The van der Waals surface area contributed by atoms with Crippen LogP contribution in [0.3, 0.4) is 0 Å². The minimum absolute atomic E-state index is 0.0130. The van der Waals surface area contributed by atoms with Crippen LogP contribution >= 0.6 is 0 Å². The first kappa shape index (κ1) is 11.1. The predicted octanol–water partition coefficient (Wildman–Crippen LogP) is 1.43. The molecule has 0 amide bonds. The highest BCUT2D eigenvalue weighted by atomic mass is 16.6. The van der Waals surface area contributed by atoms with Gasteiger partial charge in [0.25, 0.3) is 0 Å². The van der Waals surface area contributed by atoms with Crippen LogP contribution in [0.5, 0.6) is 5.75 Å². The molecular formula is C12H14O4. The smallest absolute Gasteiger partial charge is 0.310 e. The number of ether oxygens (including phenoxy) is 2. The maximum Gasteiger partial charge on any atom is 0.310 e. The van der Waals surface area contributed by atoms with Crippen LogP contribution in [0.25, 0.3) is 0 Å². The first-order chi connectivity index (χ1) is 7.74. The standard InChI is InChI=1S/C12H14O4/c1-2-11(14)15-9-5-3-8(4-6-9)12-10(7-13)16-12/h3-6,10,12-13H,2,7H2,1H3/t10-,12-/m0/s1. The average Bonchev–Trinajstić information content (AvgIpc) is 3.09. The summed E-state index contributed by atoms with van der Waals surface area (Å²) in [6, 6.07) is 7.16. The SMILES string of the molecule is CCC(=O)Oc1ccc([C@@H]2O[C@H]2CO)cc1. The third-order valence-electron chi connectivity index (χ3n) is 2.49. The first-order valence-corrected chi connectivity index (χ1v) is 5.31. The molecule has 1 aliphatic heterocycles. The number of carbonyl (C=O) groups excluding carboxylic acids is 1. The lowest BCUT2D eigenvalue weighted by Gasteiger charge is -2.03. The van der Waals surface area contributed by atoms with Gasteiger partial charge in [0, 0.05) is 6.42 Å². The van der Waals surface area contributed by atoms with Crippen LogP contribution < -0.4 is 4.74 Å². The Morgan fingerprint density at radius 1 is 1.44 bits per heavy atom. The molecular weight excluding hydrogens is 208 g/mol. The van der Waals surface area contributed by atoms with E-state index < -0.39 is 0 Å². The van der Waals surface area contributed by atoms with Crippen LogP contribution in [0.4, 0.5) is 0 Å². The second-order valence-corrected chi connectivity index (χ2v) is 3.67. The van der Waals surface area contributed by atoms with Crippen LogP contribution in [-0.2, 0) is 9.53 Å². The highest BCUT2D eigenvalue weighted by molar-refractivity contribution is 5.71. The molecule has 1 saturated heterocycles. The van der Waals surface area contributed by atoms with E-state index in [0.717, 1.165) is 5.56 Å². The molecule has 0 aromatic heterocycles. The van der Waals surface area contributed by atoms with Gasteiger partial charge in [0.15, 0.2) is 0 Å². The molecule has 2 rings (SSSR count). The van der Waals surface area contributed by atoms with Crippen molar-refractivity contribution in [3.63, 3.8) is 0 Å². The van der Waals surface area contributed by atoms with Crippen LogP contribution in [0, 0.1) is 0 Å². The molecule has 0 aliphatic carbocycles. The summed E-state index contributed by atoms with van der Waals surface area (Å²) >= 11 is 0. The molecule has 0 spiro atoms. The molecule has 1 fully saturated rings. The van der Waals surface area contributed by atoms with Crippen molar-refractivity contribution in [1.82, 2.24) is 0 Å². The molecule has 0 unspecified atom stereocenters. The van der Waals surface area contributed by atoms with Gasteiger partial charge in [-0.2, -0.15) is 0 Å². The minimum atomic E-state index is -0.247. The Morgan fingerprint density at radius 3 is 2.62 bits per heavy atom. The molecule has 16 heavy (non-hydrogen) atoms. The minimum Gasteiger partial charge on any atom is -0.427 e. The monoisotopic (exact) mass is 222 g/mol. The quantitative estimate of drug-likeness (QED) is 0.475. The van der Waals surface area contributed by atoms with E-state index in [9.17, 15) is 4.79 Å². The van der Waals surface area contributed by atoms with Crippen molar-refractivity contribution >= 4 is 5.97 Å². The average molecular weight is 222 g/mol. The summed E-state index contributed by atoms with van der Waals surface area (Å²) in [5, 5.41) is 8.85. The van der Waals surface area contributed by atoms with Gasteiger partial charge >= 0.3 is 5.97 Å². The fourth-order valence-corrected chi connectivity index (χ4v) is 1.50. The molecule has 0 radical (unpaired) electrons. The molecule has 1 aromatic rings. The summed E-state index contributed by atoms with van der Waals surface area (Å²) in [6.07, 6.45) is 0.269. The Balaban J connectivity index is 1.97. The van der Waals surface area contributed by atoms with Gasteiger partial charge in [0.1, 0.15) is 18.0 Å². The third-order valence-corrected chi connectivity index (χ3v) is 2.49. The van der Waals surface area contributed by atoms with Gasteiger partial charge in [-0.1, -0.05) is 19.1 Å². The highest BCUT2D eigenvalue weighted by Crippen LogP contribution is 2.38. The summed E-state index contributed by atoms with van der Waals surface area (Å²) in [4.78, 5) is 11.0. The van der Waals surface area contributed by atoms with E-state index in [1.807, 2.05) is 12.1 Å². The van der Waals surface area contributed by atoms with E-state index in [1.54, 1.807) is 19.1 Å². The lowest BCUT2D eigenvalue weighted by atomic mass is 10.1.